The van der Waals surface area contributed by atoms with Crippen LogP contribution in [0.25, 0.3) is 0 Å². The van der Waals surface area contributed by atoms with Crippen LogP contribution in [-0.4, -0.2) is 55.0 Å². The van der Waals surface area contributed by atoms with Crippen LogP contribution in [0.3, 0.4) is 0 Å². The summed E-state index contributed by atoms with van der Waals surface area (Å²) in [6.45, 7) is 0.419. The molecule has 1 amide bonds. The van der Waals surface area contributed by atoms with Crippen molar-refractivity contribution in [2.45, 2.75) is 50.2 Å². The lowest BCUT2D eigenvalue weighted by molar-refractivity contribution is -0.146. The van der Waals surface area contributed by atoms with Gasteiger partial charge in [0.15, 0.2) is 0 Å². The lowest BCUT2D eigenvalue weighted by Gasteiger charge is -2.58. The van der Waals surface area contributed by atoms with E-state index in [4.69, 9.17) is 23.2 Å². The van der Waals surface area contributed by atoms with Gasteiger partial charge in [-0.05, 0) is 74.5 Å². The molecule has 2 N–H and O–H groups in total. The van der Waals surface area contributed by atoms with Crippen molar-refractivity contribution in [3.05, 3.63) is 28.2 Å². The Morgan fingerprint density at radius 3 is 2.48 bits per heavy atom. The average Bonchev–Trinajstić information content (AvgIpc) is 2.67. The molecule has 1 heterocycles. The number of amides is 1. The molecule has 170 valence electrons. The monoisotopic (exact) mass is 487 g/mol. The van der Waals surface area contributed by atoms with Crippen LogP contribution >= 0.6 is 23.2 Å². The largest absolute Gasteiger partial charge is 0.390 e. The zero-order valence-corrected chi connectivity index (χ0v) is 19.5. The second-order valence-electron chi connectivity index (χ2n) is 9.65. The van der Waals surface area contributed by atoms with Gasteiger partial charge in [0.05, 0.1) is 27.9 Å². The quantitative estimate of drug-likeness (QED) is 0.682. The molecule has 0 radical (unpaired) electrons. The highest BCUT2D eigenvalue weighted by molar-refractivity contribution is 7.90. The minimum Gasteiger partial charge on any atom is -0.390 e. The van der Waals surface area contributed by atoms with Gasteiger partial charge in [-0.1, -0.05) is 23.2 Å². The average molecular weight is 488 g/mol. The van der Waals surface area contributed by atoms with Crippen molar-refractivity contribution in [3.8, 4) is 0 Å². The summed E-state index contributed by atoms with van der Waals surface area (Å²) in [6.07, 6.45) is 5.04. The first-order chi connectivity index (χ1) is 14.6. The van der Waals surface area contributed by atoms with Gasteiger partial charge in [0, 0.05) is 19.1 Å². The van der Waals surface area contributed by atoms with Crippen LogP contribution in [0.4, 0.5) is 5.69 Å². The van der Waals surface area contributed by atoms with Crippen LogP contribution in [0.15, 0.2) is 18.2 Å². The fourth-order valence-electron chi connectivity index (χ4n) is 6.43. The van der Waals surface area contributed by atoms with Crippen LogP contribution < -0.4 is 9.62 Å². The highest BCUT2D eigenvalue weighted by Gasteiger charge is 2.55. The second-order valence-corrected chi connectivity index (χ2v) is 12.3. The fraction of sp³-hybridized carbons (Fsp3) is 0.667. The molecule has 0 aromatic heterocycles. The van der Waals surface area contributed by atoms with E-state index in [1.165, 1.54) is 14.7 Å². The number of benzene rings is 1. The van der Waals surface area contributed by atoms with Gasteiger partial charge in [0.2, 0.25) is 5.91 Å². The Kier molecular flexibility index (Phi) is 5.45. The molecule has 4 aliphatic carbocycles. The lowest BCUT2D eigenvalue weighted by atomic mass is 9.52. The molecule has 7 nitrogen and oxygen atoms in total. The summed E-state index contributed by atoms with van der Waals surface area (Å²) in [5.74, 6) is 0.846. The van der Waals surface area contributed by atoms with E-state index in [0.717, 1.165) is 32.1 Å². The van der Waals surface area contributed by atoms with Crippen molar-refractivity contribution >= 4 is 45.0 Å². The molecule has 31 heavy (non-hydrogen) atoms. The van der Waals surface area contributed by atoms with Crippen molar-refractivity contribution in [1.29, 1.82) is 0 Å². The van der Waals surface area contributed by atoms with Gasteiger partial charge < -0.3 is 10.4 Å². The molecule has 1 aromatic rings. The number of hydrogen-bond acceptors (Lipinski definition) is 4. The normalized spacial score (nSPS) is 36.5. The van der Waals surface area contributed by atoms with Gasteiger partial charge >= 0.3 is 10.2 Å². The van der Waals surface area contributed by atoms with Gasteiger partial charge in [0.1, 0.15) is 0 Å². The second kappa shape index (κ2) is 7.76. The number of aliphatic hydroxyl groups is 1. The van der Waals surface area contributed by atoms with Gasteiger partial charge in [0.25, 0.3) is 0 Å². The van der Waals surface area contributed by atoms with E-state index < -0.39 is 15.8 Å². The van der Waals surface area contributed by atoms with E-state index in [-0.39, 0.29) is 35.4 Å². The third kappa shape index (κ3) is 3.95. The smallest absolute Gasteiger partial charge is 0.304 e. The summed E-state index contributed by atoms with van der Waals surface area (Å²) in [5, 5.41) is 14.5. The number of nitrogens with zero attached hydrogens (tertiary/aromatic N) is 2. The first-order valence-corrected chi connectivity index (χ1v) is 13.0. The zero-order chi connectivity index (χ0) is 22.0. The number of carbonyl (C=O) groups excluding carboxylic acids is 1. The number of carbonyl (C=O) groups is 1. The molecular weight excluding hydrogens is 461 g/mol. The molecule has 2 unspecified atom stereocenters. The minimum absolute atomic E-state index is 0.0306. The summed E-state index contributed by atoms with van der Waals surface area (Å²) < 4.78 is 28.9. The van der Waals surface area contributed by atoms with Gasteiger partial charge in [-0.25, -0.2) is 0 Å². The number of rotatable bonds is 4. The first-order valence-electron chi connectivity index (χ1n) is 10.9. The molecule has 1 aromatic carbocycles. The fourth-order valence-corrected chi connectivity index (χ4v) is 8.38. The van der Waals surface area contributed by atoms with Gasteiger partial charge in [-0.15, -0.1) is 0 Å². The molecule has 6 rings (SSSR count). The van der Waals surface area contributed by atoms with Crippen molar-refractivity contribution in [2.75, 3.05) is 23.9 Å². The number of hydrogen-bond donors (Lipinski definition) is 2. The molecular formula is C21H27Cl2N3O4S. The summed E-state index contributed by atoms with van der Waals surface area (Å²) >= 11 is 12.0. The van der Waals surface area contributed by atoms with Crippen LogP contribution in [0.5, 0.6) is 0 Å². The number of anilines is 1. The third-order valence-corrected chi connectivity index (χ3v) is 10.1. The summed E-state index contributed by atoms with van der Waals surface area (Å²) in [6, 6.07) is 4.75. The standard InChI is InChI=1S/C21H27Cl2N3O4S/c22-17-3-2-16(8-18(17)23)26-5-1-4-25(31(26,29)30)12-19(27)24-20-14-6-13-7-15(20)11-21(28,9-13)10-14/h2-3,8,13-15,20,28H,1,4-7,9-12H2,(H,24,27). The number of nitrogens with one attached hydrogen (secondary N) is 1. The van der Waals surface area contributed by atoms with Crippen molar-refractivity contribution in [1.82, 2.24) is 9.62 Å². The first kappa shape index (κ1) is 21.8. The van der Waals surface area contributed by atoms with E-state index in [2.05, 4.69) is 5.32 Å². The Morgan fingerprint density at radius 1 is 1.13 bits per heavy atom. The van der Waals surface area contributed by atoms with E-state index in [9.17, 15) is 18.3 Å². The number of halogens is 2. The van der Waals surface area contributed by atoms with Crippen LogP contribution in [0.1, 0.15) is 38.5 Å². The van der Waals surface area contributed by atoms with Gasteiger partial charge in [-0.3, -0.25) is 9.10 Å². The Labute approximate surface area is 192 Å². The Morgan fingerprint density at radius 2 is 1.84 bits per heavy atom. The predicted octanol–water partition coefficient (Wildman–Crippen LogP) is 2.81. The molecule has 1 aliphatic heterocycles. The third-order valence-electron chi connectivity index (χ3n) is 7.45. The maximum absolute atomic E-state index is 13.2. The highest BCUT2D eigenvalue weighted by atomic mass is 35.5. The molecule has 10 heteroatoms. The van der Waals surface area contributed by atoms with E-state index in [1.54, 1.807) is 12.1 Å². The van der Waals surface area contributed by atoms with E-state index in [0.29, 0.717) is 36.1 Å². The topological polar surface area (TPSA) is 90.0 Å². The molecule has 5 aliphatic rings. The van der Waals surface area contributed by atoms with Crippen LogP contribution in [0, 0.1) is 17.8 Å². The highest BCUT2D eigenvalue weighted by Crippen LogP contribution is 2.55. The molecule has 4 saturated carbocycles. The SMILES string of the molecule is O=C(CN1CCCN(c2ccc(Cl)c(Cl)c2)S1(=O)=O)NC1C2CC3CC1CC(O)(C3)C2. The van der Waals surface area contributed by atoms with Crippen molar-refractivity contribution < 1.29 is 18.3 Å². The van der Waals surface area contributed by atoms with E-state index >= 15 is 0 Å². The summed E-state index contributed by atoms with van der Waals surface area (Å²) in [5.41, 5.74) is -0.123. The molecule has 1 saturated heterocycles. The minimum atomic E-state index is -3.85. The van der Waals surface area contributed by atoms with Crippen LogP contribution in [-0.2, 0) is 15.0 Å². The molecule has 4 bridgehead atoms. The predicted molar refractivity (Wildman–Crippen MR) is 119 cm³/mol. The summed E-state index contributed by atoms with van der Waals surface area (Å²) in [4.78, 5) is 12.9. The maximum Gasteiger partial charge on any atom is 0.304 e. The molecule has 2 atom stereocenters. The Balaban J connectivity index is 1.27. The lowest BCUT2D eigenvalue weighted by Crippen LogP contribution is -2.62. The van der Waals surface area contributed by atoms with E-state index in [1.807, 2.05) is 0 Å². The maximum atomic E-state index is 13.2. The molecule has 5 fully saturated rings. The molecule has 0 spiro atoms. The Bertz CT molecular complexity index is 988. The zero-order valence-electron chi connectivity index (χ0n) is 17.1. The Hall–Kier alpha value is -1.06. The van der Waals surface area contributed by atoms with Crippen molar-refractivity contribution in [3.63, 3.8) is 0 Å². The van der Waals surface area contributed by atoms with Crippen LogP contribution in [0.2, 0.25) is 10.0 Å². The van der Waals surface area contributed by atoms with Gasteiger partial charge in [-0.2, -0.15) is 12.7 Å². The summed E-state index contributed by atoms with van der Waals surface area (Å²) in [7, 11) is -3.85. The van der Waals surface area contributed by atoms with Crippen molar-refractivity contribution in [2.24, 2.45) is 17.8 Å².